The number of pyridine rings is 2. The van der Waals surface area contributed by atoms with Gasteiger partial charge >= 0.3 is 5.97 Å². The maximum Gasteiger partial charge on any atom is 0.339 e. The van der Waals surface area contributed by atoms with Crippen molar-refractivity contribution in [1.82, 2.24) is 14.9 Å². The van der Waals surface area contributed by atoms with Crippen LogP contribution in [0.1, 0.15) is 52.1 Å². The van der Waals surface area contributed by atoms with Crippen molar-refractivity contribution in [2.75, 3.05) is 37.7 Å². The van der Waals surface area contributed by atoms with Gasteiger partial charge in [0.2, 0.25) is 0 Å². The predicted molar refractivity (Wildman–Crippen MR) is 122 cm³/mol. The number of nitrogens with zero attached hydrogens (tertiary/aromatic N) is 4. The van der Waals surface area contributed by atoms with Crippen LogP contribution in [-0.4, -0.2) is 59.5 Å². The fourth-order valence-electron chi connectivity index (χ4n) is 4.18. The van der Waals surface area contributed by atoms with Gasteiger partial charge in [-0.05, 0) is 44.0 Å². The molecule has 1 saturated carbocycles. The summed E-state index contributed by atoms with van der Waals surface area (Å²) >= 11 is 0. The lowest BCUT2D eigenvalue weighted by atomic mass is 10.0. The zero-order chi connectivity index (χ0) is 22.1. The van der Waals surface area contributed by atoms with E-state index in [9.17, 15) is 9.59 Å². The zero-order valence-electron chi connectivity index (χ0n) is 18.2. The van der Waals surface area contributed by atoms with Crippen LogP contribution < -0.4 is 4.90 Å². The number of piperazine rings is 1. The maximum absolute atomic E-state index is 13.4. The molecular formula is C25H26N4O3. The number of anilines is 1. The standard InChI is InChI=1S/C25H26N4O3/c1-2-32-25(31)18-9-10-23(26-16-18)28-11-13-29(14-12-28)24(30)20-15-22(17-7-8-17)27-21-6-4-3-5-19(20)21/h3-6,9-10,15-17H,2,7-8,11-14H2,1H3. The van der Waals surface area contributed by atoms with Crippen LogP contribution in [0.4, 0.5) is 5.82 Å². The summed E-state index contributed by atoms with van der Waals surface area (Å²) in [6.07, 6.45) is 3.85. The number of ether oxygens (including phenoxy) is 1. The molecule has 5 rings (SSSR count). The average molecular weight is 431 g/mol. The zero-order valence-corrected chi connectivity index (χ0v) is 18.2. The molecular weight excluding hydrogens is 404 g/mol. The first-order valence-electron chi connectivity index (χ1n) is 11.2. The van der Waals surface area contributed by atoms with Gasteiger partial charge < -0.3 is 14.5 Å². The van der Waals surface area contributed by atoms with Gasteiger partial charge in [0.1, 0.15) is 5.82 Å². The Morgan fingerprint density at radius 1 is 1.06 bits per heavy atom. The van der Waals surface area contributed by atoms with E-state index in [1.807, 2.05) is 41.3 Å². The minimum atomic E-state index is -0.364. The number of benzene rings is 1. The largest absolute Gasteiger partial charge is 0.462 e. The molecule has 3 heterocycles. The van der Waals surface area contributed by atoms with Crippen molar-refractivity contribution in [3.63, 3.8) is 0 Å². The Hall–Kier alpha value is -3.48. The van der Waals surface area contributed by atoms with E-state index in [-0.39, 0.29) is 11.9 Å². The lowest BCUT2D eigenvalue weighted by Crippen LogP contribution is -2.49. The highest BCUT2D eigenvalue weighted by molar-refractivity contribution is 6.06. The van der Waals surface area contributed by atoms with Crippen LogP contribution in [0.15, 0.2) is 48.7 Å². The van der Waals surface area contributed by atoms with Gasteiger partial charge in [0.05, 0.1) is 23.3 Å². The molecule has 3 aromatic rings. The van der Waals surface area contributed by atoms with Crippen LogP contribution in [0.3, 0.4) is 0 Å². The van der Waals surface area contributed by atoms with Gasteiger partial charge in [-0.2, -0.15) is 0 Å². The number of carbonyl (C=O) groups is 2. The highest BCUT2D eigenvalue weighted by Gasteiger charge is 2.29. The van der Waals surface area contributed by atoms with E-state index in [4.69, 9.17) is 9.72 Å². The van der Waals surface area contributed by atoms with Crippen LogP contribution in [-0.2, 0) is 4.74 Å². The molecule has 7 heteroatoms. The van der Waals surface area contributed by atoms with Crippen LogP contribution >= 0.6 is 0 Å². The molecule has 0 spiro atoms. The predicted octanol–water partition coefficient (Wildman–Crippen LogP) is 3.65. The molecule has 32 heavy (non-hydrogen) atoms. The summed E-state index contributed by atoms with van der Waals surface area (Å²) in [4.78, 5) is 38.5. The van der Waals surface area contributed by atoms with Gasteiger partial charge in [0.25, 0.3) is 5.91 Å². The van der Waals surface area contributed by atoms with Crippen molar-refractivity contribution >= 4 is 28.6 Å². The fraction of sp³-hybridized carbons (Fsp3) is 0.360. The normalized spacial score (nSPS) is 16.3. The Balaban J connectivity index is 1.30. The summed E-state index contributed by atoms with van der Waals surface area (Å²) in [5.74, 6) is 0.995. The van der Waals surface area contributed by atoms with Gasteiger partial charge in [-0.3, -0.25) is 9.78 Å². The average Bonchev–Trinajstić information content (AvgIpc) is 3.69. The van der Waals surface area contributed by atoms with Gasteiger partial charge in [-0.15, -0.1) is 0 Å². The lowest BCUT2D eigenvalue weighted by molar-refractivity contribution is 0.0525. The summed E-state index contributed by atoms with van der Waals surface area (Å²) in [5, 5.41) is 0.917. The van der Waals surface area contributed by atoms with Crippen molar-refractivity contribution in [2.45, 2.75) is 25.7 Å². The maximum atomic E-state index is 13.4. The molecule has 2 aliphatic rings. The SMILES string of the molecule is CCOC(=O)c1ccc(N2CCN(C(=O)c3cc(C4CC4)nc4ccccc34)CC2)nc1. The number of esters is 1. The minimum absolute atomic E-state index is 0.0655. The molecule has 1 aromatic carbocycles. The Bertz CT molecular complexity index is 1150. The molecule has 2 aromatic heterocycles. The molecule has 0 N–H and O–H groups in total. The van der Waals surface area contributed by atoms with Crippen molar-refractivity contribution in [3.05, 3.63) is 65.5 Å². The Morgan fingerprint density at radius 2 is 1.84 bits per heavy atom. The number of fused-ring (bicyclic) bond motifs is 1. The number of amides is 1. The van der Waals surface area contributed by atoms with Crippen molar-refractivity contribution in [3.8, 4) is 0 Å². The smallest absolute Gasteiger partial charge is 0.339 e. The summed E-state index contributed by atoms with van der Waals surface area (Å²) in [6.45, 7) is 4.74. The Kier molecular flexibility index (Phi) is 5.47. The first kappa shape index (κ1) is 20.4. The van der Waals surface area contributed by atoms with Gasteiger partial charge in [-0.25, -0.2) is 9.78 Å². The second-order valence-electron chi connectivity index (χ2n) is 8.29. The van der Waals surface area contributed by atoms with Gasteiger partial charge in [0.15, 0.2) is 0 Å². The molecule has 0 unspecified atom stereocenters. The third kappa shape index (κ3) is 4.02. The Morgan fingerprint density at radius 3 is 2.53 bits per heavy atom. The Labute approximate surface area is 187 Å². The third-order valence-electron chi connectivity index (χ3n) is 6.11. The number of para-hydroxylation sites is 1. The number of hydrogen-bond donors (Lipinski definition) is 0. The van der Waals surface area contributed by atoms with E-state index in [0.717, 1.165) is 40.8 Å². The van der Waals surface area contributed by atoms with Crippen LogP contribution in [0.25, 0.3) is 10.9 Å². The molecule has 164 valence electrons. The molecule has 1 aliphatic heterocycles. The van der Waals surface area contributed by atoms with E-state index in [1.165, 1.54) is 0 Å². The molecule has 0 bridgehead atoms. The molecule has 1 amide bonds. The number of rotatable bonds is 5. The van der Waals surface area contributed by atoms with E-state index in [1.54, 1.807) is 19.2 Å². The van der Waals surface area contributed by atoms with E-state index < -0.39 is 0 Å². The van der Waals surface area contributed by atoms with Crippen molar-refractivity contribution in [1.29, 1.82) is 0 Å². The van der Waals surface area contributed by atoms with Crippen LogP contribution in [0.2, 0.25) is 0 Å². The molecule has 1 aliphatic carbocycles. The van der Waals surface area contributed by atoms with E-state index in [0.29, 0.717) is 44.3 Å². The quantitative estimate of drug-likeness (QED) is 0.575. The number of hydrogen-bond acceptors (Lipinski definition) is 6. The molecule has 2 fully saturated rings. The third-order valence-corrected chi connectivity index (χ3v) is 6.11. The molecule has 0 atom stereocenters. The fourth-order valence-corrected chi connectivity index (χ4v) is 4.18. The van der Waals surface area contributed by atoms with Crippen molar-refractivity contribution in [2.24, 2.45) is 0 Å². The summed E-state index contributed by atoms with van der Waals surface area (Å²) in [6, 6.07) is 13.5. The lowest BCUT2D eigenvalue weighted by Gasteiger charge is -2.35. The highest BCUT2D eigenvalue weighted by Crippen LogP contribution is 2.40. The summed E-state index contributed by atoms with van der Waals surface area (Å²) < 4.78 is 5.01. The van der Waals surface area contributed by atoms with Crippen LogP contribution in [0.5, 0.6) is 0 Å². The first-order valence-corrected chi connectivity index (χ1v) is 11.2. The highest BCUT2D eigenvalue weighted by atomic mass is 16.5. The second kappa shape index (κ2) is 8.57. The van der Waals surface area contributed by atoms with Gasteiger partial charge in [0, 0.05) is 49.4 Å². The minimum Gasteiger partial charge on any atom is -0.462 e. The molecule has 7 nitrogen and oxygen atoms in total. The van der Waals surface area contributed by atoms with E-state index in [2.05, 4.69) is 9.88 Å². The first-order chi connectivity index (χ1) is 15.6. The number of aromatic nitrogens is 2. The van der Waals surface area contributed by atoms with Gasteiger partial charge in [-0.1, -0.05) is 18.2 Å². The van der Waals surface area contributed by atoms with E-state index >= 15 is 0 Å². The number of carbonyl (C=O) groups excluding carboxylic acids is 2. The summed E-state index contributed by atoms with van der Waals surface area (Å²) in [7, 11) is 0. The van der Waals surface area contributed by atoms with Crippen LogP contribution in [0, 0.1) is 0 Å². The van der Waals surface area contributed by atoms with Crippen molar-refractivity contribution < 1.29 is 14.3 Å². The summed E-state index contributed by atoms with van der Waals surface area (Å²) in [5.41, 5.74) is 3.13. The topological polar surface area (TPSA) is 75.6 Å². The molecule has 1 saturated heterocycles. The monoisotopic (exact) mass is 430 g/mol. The second-order valence-corrected chi connectivity index (χ2v) is 8.29. The molecule has 0 radical (unpaired) electrons.